The Balaban J connectivity index is 2.79. The summed E-state index contributed by atoms with van der Waals surface area (Å²) in [5.74, 6) is 0. The molecule has 1 heteroatoms. The first-order valence-electron chi connectivity index (χ1n) is 3.67. The van der Waals surface area contributed by atoms with Crippen LogP contribution in [0.3, 0.4) is 0 Å². The number of anilines is 1. The van der Waals surface area contributed by atoms with E-state index in [2.05, 4.69) is 31.0 Å². The minimum atomic E-state index is 0.968. The van der Waals surface area contributed by atoms with Crippen molar-refractivity contribution in [3.63, 3.8) is 0 Å². The van der Waals surface area contributed by atoms with Gasteiger partial charge in [0.2, 0.25) is 0 Å². The zero-order valence-corrected chi connectivity index (χ0v) is 7.02. The van der Waals surface area contributed by atoms with Crippen LogP contribution in [0.5, 0.6) is 0 Å². The van der Waals surface area contributed by atoms with Gasteiger partial charge in [0, 0.05) is 11.4 Å². The van der Waals surface area contributed by atoms with Crippen molar-refractivity contribution in [2.45, 2.75) is 13.8 Å². The molecule has 1 nitrogen and oxygen atoms in total. The largest absolute Gasteiger partial charge is 0.360 e. The zero-order valence-electron chi connectivity index (χ0n) is 7.02. The predicted molar refractivity (Wildman–Crippen MR) is 49.6 cm³/mol. The molecule has 1 N–H and O–H groups in total. The maximum atomic E-state index is 3.77. The van der Waals surface area contributed by atoms with Gasteiger partial charge in [-0.3, -0.25) is 0 Å². The fourth-order valence-electron chi connectivity index (χ4n) is 0.969. The van der Waals surface area contributed by atoms with Crippen LogP contribution in [-0.2, 0) is 0 Å². The van der Waals surface area contributed by atoms with Crippen molar-refractivity contribution in [1.82, 2.24) is 0 Å². The Hall–Kier alpha value is -1.24. The lowest BCUT2D eigenvalue weighted by Crippen LogP contribution is -1.92. The second kappa shape index (κ2) is 3.24. The van der Waals surface area contributed by atoms with Crippen LogP contribution in [0.4, 0.5) is 5.69 Å². The van der Waals surface area contributed by atoms with Gasteiger partial charge in [0.1, 0.15) is 0 Å². The van der Waals surface area contributed by atoms with Gasteiger partial charge in [-0.25, -0.2) is 0 Å². The average Bonchev–Trinajstić information content (AvgIpc) is 1.85. The van der Waals surface area contributed by atoms with E-state index >= 15 is 0 Å². The predicted octanol–water partition coefficient (Wildman–Crippen LogP) is 2.94. The van der Waals surface area contributed by atoms with Crippen molar-refractivity contribution in [1.29, 1.82) is 0 Å². The lowest BCUT2D eigenvalue weighted by molar-refractivity contribution is 1.37. The summed E-state index contributed by atoms with van der Waals surface area (Å²) in [7, 11) is 0. The van der Waals surface area contributed by atoms with E-state index in [0.717, 1.165) is 11.4 Å². The number of nitrogens with one attached hydrogen (secondary N) is 1. The smallest absolute Gasteiger partial charge is 0.0384 e. The van der Waals surface area contributed by atoms with E-state index in [0.29, 0.717) is 0 Å². The quantitative estimate of drug-likeness (QED) is 0.678. The molecule has 0 spiro atoms. The Kier molecular flexibility index (Phi) is 2.32. The summed E-state index contributed by atoms with van der Waals surface area (Å²) in [6, 6.07) is 8.22. The van der Waals surface area contributed by atoms with Gasteiger partial charge in [0.15, 0.2) is 0 Å². The van der Waals surface area contributed by atoms with Crippen molar-refractivity contribution in [3.8, 4) is 0 Å². The van der Waals surface area contributed by atoms with Crippen LogP contribution in [0.25, 0.3) is 0 Å². The van der Waals surface area contributed by atoms with Crippen LogP contribution in [-0.4, -0.2) is 0 Å². The highest BCUT2D eigenvalue weighted by molar-refractivity contribution is 5.48. The van der Waals surface area contributed by atoms with Crippen LogP contribution in [0.2, 0.25) is 0 Å². The maximum absolute atomic E-state index is 3.77. The molecular formula is C10H13N. The van der Waals surface area contributed by atoms with Gasteiger partial charge in [-0.05, 0) is 31.5 Å². The first-order chi connectivity index (χ1) is 5.18. The average molecular weight is 147 g/mol. The molecular weight excluding hydrogens is 134 g/mol. The fourth-order valence-corrected chi connectivity index (χ4v) is 0.969. The van der Waals surface area contributed by atoms with Gasteiger partial charge in [-0.1, -0.05) is 18.7 Å². The van der Waals surface area contributed by atoms with Crippen molar-refractivity contribution in [2.24, 2.45) is 0 Å². The van der Waals surface area contributed by atoms with Gasteiger partial charge >= 0.3 is 0 Å². The molecule has 0 aliphatic heterocycles. The molecule has 0 fully saturated rings. The number of hydrogen-bond acceptors (Lipinski definition) is 1. The minimum Gasteiger partial charge on any atom is -0.360 e. The first-order valence-corrected chi connectivity index (χ1v) is 3.67. The summed E-state index contributed by atoms with van der Waals surface area (Å²) < 4.78 is 0. The van der Waals surface area contributed by atoms with Crippen LogP contribution < -0.4 is 5.32 Å². The second-order valence-electron chi connectivity index (χ2n) is 2.77. The molecule has 1 rings (SSSR count). The van der Waals surface area contributed by atoms with Crippen molar-refractivity contribution in [3.05, 3.63) is 42.1 Å². The van der Waals surface area contributed by atoms with E-state index in [4.69, 9.17) is 0 Å². The molecule has 0 saturated heterocycles. The number of aryl methyl sites for hydroxylation is 1. The number of allylic oxidation sites excluding steroid dienone is 1. The highest BCUT2D eigenvalue weighted by atomic mass is 14.9. The number of rotatable bonds is 2. The van der Waals surface area contributed by atoms with Crippen molar-refractivity contribution < 1.29 is 0 Å². The Morgan fingerprint density at radius 1 is 1.45 bits per heavy atom. The van der Waals surface area contributed by atoms with Gasteiger partial charge in [0.25, 0.3) is 0 Å². The molecule has 0 aliphatic rings. The molecule has 0 bridgehead atoms. The zero-order chi connectivity index (χ0) is 8.27. The summed E-state index contributed by atoms with van der Waals surface area (Å²) in [5.41, 5.74) is 3.34. The molecule has 0 heterocycles. The Morgan fingerprint density at radius 3 is 2.73 bits per heavy atom. The normalized spacial score (nSPS) is 9.27. The molecule has 1 aromatic carbocycles. The molecule has 0 aromatic heterocycles. The van der Waals surface area contributed by atoms with Crippen LogP contribution in [0.15, 0.2) is 36.5 Å². The molecule has 0 amide bonds. The molecule has 11 heavy (non-hydrogen) atoms. The van der Waals surface area contributed by atoms with Crippen molar-refractivity contribution in [2.75, 3.05) is 5.32 Å². The third-order valence-electron chi connectivity index (χ3n) is 1.38. The summed E-state index contributed by atoms with van der Waals surface area (Å²) in [6.07, 6.45) is 0. The van der Waals surface area contributed by atoms with Crippen LogP contribution >= 0.6 is 0 Å². The molecule has 0 unspecified atom stereocenters. The highest BCUT2D eigenvalue weighted by Gasteiger charge is 1.89. The monoisotopic (exact) mass is 147 g/mol. The molecule has 58 valence electrons. The second-order valence-corrected chi connectivity index (χ2v) is 2.77. The number of hydrogen-bond donors (Lipinski definition) is 1. The van der Waals surface area contributed by atoms with E-state index in [1.54, 1.807) is 0 Å². The minimum absolute atomic E-state index is 0.968. The third-order valence-corrected chi connectivity index (χ3v) is 1.38. The van der Waals surface area contributed by atoms with Crippen LogP contribution in [0, 0.1) is 6.92 Å². The highest BCUT2D eigenvalue weighted by Crippen LogP contribution is 2.10. The van der Waals surface area contributed by atoms with Crippen molar-refractivity contribution >= 4 is 5.69 Å². The van der Waals surface area contributed by atoms with E-state index in [1.165, 1.54) is 5.56 Å². The number of benzene rings is 1. The Bertz CT molecular complexity index is 263. The first kappa shape index (κ1) is 7.86. The molecule has 0 atom stereocenters. The molecule has 0 saturated carbocycles. The van der Waals surface area contributed by atoms with Crippen LogP contribution in [0.1, 0.15) is 12.5 Å². The summed E-state index contributed by atoms with van der Waals surface area (Å²) >= 11 is 0. The van der Waals surface area contributed by atoms with Gasteiger partial charge in [0.05, 0.1) is 0 Å². The Labute approximate surface area is 67.8 Å². The summed E-state index contributed by atoms with van der Waals surface area (Å²) in [4.78, 5) is 0. The van der Waals surface area contributed by atoms with Gasteiger partial charge in [-0.15, -0.1) is 0 Å². The third kappa shape index (κ3) is 2.46. The van der Waals surface area contributed by atoms with E-state index in [-0.39, 0.29) is 0 Å². The topological polar surface area (TPSA) is 12.0 Å². The molecule has 0 aliphatic carbocycles. The SMILES string of the molecule is C=C(C)Nc1cccc(C)c1. The fraction of sp³-hybridized carbons (Fsp3) is 0.200. The summed E-state index contributed by atoms with van der Waals surface area (Å²) in [5, 5.41) is 3.15. The molecule has 0 radical (unpaired) electrons. The van der Waals surface area contributed by atoms with E-state index in [1.807, 2.05) is 19.1 Å². The lowest BCUT2D eigenvalue weighted by Gasteiger charge is -2.04. The lowest BCUT2D eigenvalue weighted by atomic mass is 10.2. The maximum Gasteiger partial charge on any atom is 0.0384 e. The van der Waals surface area contributed by atoms with Gasteiger partial charge in [-0.2, -0.15) is 0 Å². The standard InChI is InChI=1S/C10H13N/c1-8(2)11-10-6-4-5-9(3)7-10/h4-7,11H,1H2,2-3H3. The van der Waals surface area contributed by atoms with E-state index < -0.39 is 0 Å². The van der Waals surface area contributed by atoms with E-state index in [9.17, 15) is 0 Å². The molecule has 1 aromatic rings. The summed E-state index contributed by atoms with van der Waals surface area (Å²) in [6.45, 7) is 7.79. The van der Waals surface area contributed by atoms with Gasteiger partial charge < -0.3 is 5.32 Å². The Morgan fingerprint density at radius 2 is 2.18 bits per heavy atom.